The summed E-state index contributed by atoms with van der Waals surface area (Å²) >= 11 is 0. The first-order chi connectivity index (χ1) is 9.26. The van der Waals surface area contributed by atoms with Crippen LogP contribution in [-0.4, -0.2) is 26.8 Å². The van der Waals surface area contributed by atoms with Gasteiger partial charge in [-0.25, -0.2) is 9.97 Å². The van der Waals surface area contributed by atoms with E-state index in [0.717, 1.165) is 22.9 Å². The van der Waals surface area contributed by atoms with Crippen molar-refractivity contribution in [2.75, 3.05) is 12.4 Å². The SMILES string of the molecule is CNc1cc(C2CCCC2)nc(-c2cnn(C)c2)n1. The normalized spacial score (nSPS) is 15.9. The molecule has 0 unspecified atom stereocenters. The van der Waals surface area contributed by atoms with Crippen molar-refractivity contribution in [3.63, 3.8) is 0 Å². The van der Waals surface area contributed by atoms with Gasteiger partial charge in [0, 0.05) is 38.0 Å². The van der Waals surface area contributed by atoms with Gasteiger partial charge < -0.3 is 5.32 Å². The first-order valence-electron chi connectivity index (χ1n) is 6.82. The molecule has 19 heavy (non-hydrogen) atoms. The highest BCUT2D eigenvalue weighted by molar-refractivity contribution is 5.55. The van der Waals surface area contributed by atoms with Crippen molar-refractivity contribution in [2.45, 2.75) is 31.6 Å². The second-order valence-electron chi connectivity index (χ2n) is 5.14. The van der Waals surface area contributed by atoms with Crippen LogP contribution in [0.15, 0.2) is 18.5 Å². The molecule has 1 aliphatic carbocycles. The van der Waals surface area contributed by atoms with Crippen molar-refractivity contribution >= 4 is 5.82 Å². The lowest BCUT2D eigenvalue weighted by atomic mass is 10.0. The number of aromatic nitrogens is 4. The lowest BCUT2D eigenvalue weighted by molar-refractivity contribution is 0.696. The molecule has 5 heteroatoms. The van der Waals surface area contributed by atoms with Gasteiger partial charge in [0.15, 0.2) is 5.82 Å². The van der Waals surface area contributed by atoms with Crippen molar-refractivity contribution in [2.24, 2.45) is 7.05 Å². The zero-order valence-electron chi connectivity index (χ0n) is 11.4. The second-order valence-corrected chi connectivity index (χ2v) is 5.14. The van der Waals surface area contributed by atoms with Crippen LogP contribution in [0.5, 0.6) is 0 Å². The van der Waals surface area contributed by atoms with Crippen LogP contribution >= 0.6 is 0 Å². The predicted octanol–water partition coefficient (Wildman–Crippen LogP) is 2.58. The molecule has 1 saturated carbocycles. The molecule has 0 bridgehead atoms. The monoisotopic (exact) mass is 257 g/mol. The molecule has 2 heterocycles. The fourth-order valence-electron chi connectivity index (χ4n) is 2.69. The second kappa shape index (κ2) is 4.99. The van der Waals surface area contributed by atoms with Crippen molar-refractivity contribution in [3.05, 3.63) is 24.2 Å². The van der Waals surface area contributed by atoms with E-state index >= 15 is 0 Å². The van der Waals surface area contributed by atoms with E-state index in [9.17, 15) is 0 Å². The number of rotatable bonds is 3. The molecule has 2 aromatic heterocycles. The molecule has 0 saturated heterocycles. The molecule has 0 aliphatic heterocycles. The van der Waals surface area contributed by atoms with Crippen molar-refractivity contribution in [1.82, 2.24) is 19.7 Å². The minimum atomic E-state index is 0.588. The highest BCUT2D eigenvalue weighted by Crippen LogP contribution is 2.34. The average Bonchev–Trinajstić information content (AvgIpc) is 3.09. The number of hydrogen-bond acceptors (Lipinski definition) is 4. The van der Waals surface area contributed by atoms with Crippen LogP contribution in [0.1, 0.15) is 37.3 Å². The van der Waals surface area contributed by atoms with Gasteiger partial charge in [0.1, 0.15) is 5.82 Å². The third kappa shape index (κ3) is 2.45. The molecule has 1 fully saturated rings. The molecule has 0 amide bonds. The highest BCUT2D eigenvalue weighted by atomic mass is 15.2. The topological polar surface area (TPSA) is 55.6 Å². The summed E-state index contributed by atoms with van der Waals surface area (Å²) in [7, 11) is 3.80. The van der Waals surface area contributed by atoms with E-state index in [-0.39, 0.29) is 0 Å². The van der Waals surface area contributed by atoms with Crippen molar-refractivity contribution in [1.29, 1.82) is 0 Å². The third-order valence-electron chi connectivity index (χ3n) is 3.74. The molecule has 0 atom stereocenters. The van der Waals surface area contributed by atoms with Gasteiger partial charge in [-0.05, 0) is 12.8 Å². The van der Waals surface area contributed by atoms with E-state index in [1.54, 1.807) is 4.68 Å². The maximum absolute atomic E-state index is 4.74. The Labute approximate surface area is 113 Å². The molecule has 1 N–H and O–H groups in total. The van der Waals surface area contributed by atoms with Gasteiger partial charge in [-0.3, -0.25) is 4.68 Å². The lowest BCUT2D eigenvalue weighted by Gasteiger charge is -2.11. The first-order valence-corrected chi connectivity index (χ1v) is 6.82. The van der Waals surface area contributed by atoms with Gasteiger partial charge in [-0.2, -0.15) is 5.10 Å². The zero-order chi connectivity index (χ0) is 13.2. The Kier molecular flexibility index (Phi) is 3.19. The van der Waals surface area contributed by atoms with Crippen LogP contribution in [-0.2, 0) is 7.05 Å². The maximum atomic E-state index is 4.74. The summed E-state index contributed by atoms with van der Waals surface area (Å²) in [5.74, 6) is 2.24. The highest BCUT2D eigenvalue weighted by Gasteiger charge is 2.20. The van der Waals surface area contributed by atoms with Crippen LogP contribution in [0.25, 0.3) is 11.4 Å². The predicted molar refractivity (Wildman–Crippen MR) is 75.0 cm³/mol. The number of hydrogen-bond donors (Lipinski definition) is 1. The molecule has 1 aliphatic rings. The Bertz CT molecular complexity index is 569. The smallest absolute Gasteiger partial charge is 0.164 e. The Morgan fingerprint density at radius 2 is 2.05 bits per heavy atom. The Balaban J connectivity index is 2.01. The minimum absolute atomic E-state index is 0.588. The molecule has 0 radical (unpaired) electrons. The van der Waals surface area contributed by atoms with E-state index in [1.165, 1.54) is 25.7 Å². The molecular formula is C14H19N5. The fourth-order valence-corrected chi connectivity index (χ4v) is 2.69. The number of nitrogens with zero attached hydrogens (tertiary/aromatic N) is 4. The third-order valence-corrected chi connectivity index (χ3v) is 3.74. The Morgan fingerprint density at radius 1 is 1.26 bits per heavy atom. The van der Waals surface area contributed by atoms with Gasteiger partial charge in [-0.15, -0.1) is 0 Å². The summed E-state index contributed by atoms with van der Waals surface area (Å²) in [6.07, 6.45) is 8.87. The molecule has 3 rings (SSSR count). The molecule has 2 aromatic rings. The van der Waals surface area contributed by atoms with Crippen molar-refractivity contribution in [3.8, 4) is 11.4 Å². The van der Waals surface area contributed by atoms with Gasteiger partial charge in [-0.1, -0.05) is 12.8 Å². The summed E-state index contributed by atoms with van der Waals surface area (Å²) in [4.78, 5) is 9.27. The maximum Gasteiger partial charge on any atom is 0.164 e. The van der Waals surface area contributed by atoms with E-state index in [0.29, 0.717) is 5.92 Å². The summed E-state index contributed by atoms with van der Waals surface area (Å²) in [5.41, 5.74) is 2.13. The van der Waals surface area contributed by atoms with E-state index < -0.39 is 0 Å². The standard InChI is InChI=1S/C14H19N5/c1-15-13-7-12(10-5-3-4-6-10)17-14(18-13)11-8-16-19(2)9-11/h7-10H,3-6H2,1-2H3,(H,15,17,18). The number of nitrogens with one attached hydrogen (secondary N) is 1. The molecular weight excluding hydrogens is 238 g/mol. The van der Waals surface area contributed by atoms with E-state index in [1.807, 2.05) is 26.5 Å². The van der Waals surface area contributed by atoms with Gasteiger partial charge >= 0.3 is 0 Å². The first kappa shape index (κ1) is 12.1. The van der Waals surface area contributed by atoms with Gasteiger partial charge in [0.25, 0.3) is 0 Å². The molecule has 0 aromatic carbocycles. The summed E-state index contributed by atoms with van der Waals surface area (Å²) in [6.45, 7) is 0. The van der Waals surface area contributed by atoms with E-state index in [2.05, 4.69) is 21.5 Å². The van der Waals surface area contributed by atoms with Crippen LogP contribution in [0.4, 0.5) is 5.82 Å². The summed E-state index contributed by atoms with van der Waals surface area (Å²) in [6, 6.07) is 2.08. The van der Waals surface area contributed by atoms with Crippen LogP contribution in [0, 0.1) is 0 Å². The quantitative estimate of drug-likeness (QED) is 0.918. The largest absolute Gasteiger partial charge is 0.373 e. The number of anilines is 1. The fraction of sp³-hybridized carbons (Fsp3) is 0.500. The minimum Gasteiger partial charge on any atom is -0.373 e. The van der Waals surface area contributed by atoms with E-state index in [4.69, 9.17) is 4.98 Å². The zero-order valence-corrected chi connectivity index (χ0v) is 11.4. The number of aryl methyl sites for hydroxylation is 1. The van der Waals surface area contributed by atoms with Gasteiger partial charge in [0.2, 0.25) is 0 Å². The van der Waals surface area contributed by atoms with Crippen LogP contribution < -0.4 is 5.32 Å². The molecule has 5 nitrogen and oxygen atoms in total. The average molecular weight is 257 g/mol. The van der Waals surface area contributed by atoms with Crippen molar-refractivity contribution < 1.29 is 0 Å². The summed E-state index contributed by atoms with van der Waals surface area (Å²) in [5, 5.41) is 7.32. The van der Waals surface area contributed by atoms with Crippen LogP contribution in [0.2, 0.25) is 0 Å². The Morgan fingerprint density at radius 3 is 2.68 bits per heavy atom. The molecule has 0 spiro atoms. The van der Waals surface area contributed by atoms with Crippen LogP contribution in [0.3, 0.4) is 0 Å². The summed E-state index contributed by atoms with van der Waals surface area (Å²) < 4.78 is 1.78. The van der Waals surface area contributed by atoms with Gasteiger partial charge in [0.05, 0.1) is 11.8 Å². The molecule has 100 valence electrons. The Hall–Kier alpha value is -1.91. The lowest BCUT2D eigenvalue weighted by Crippen LogP contribution is -2.03.